The number of benzene rings is 2. The van der Waals surface area contributed by atoms with Crippen molar-refractivity contribution < 1.29 is 30.9 Å². The first kappa shape index (κ1) is 19.7. The van der Waals surface area contributed by atoms with Crippen LogP contribution in [-0.2, 0) is 17.0 Å². The van der Waals surface area contributed by atoms with Crippen LogP contribution in [0.1, 0.15) is 5.56 Å². The van der Waals surface area contributed by atoms with Gasteiger partial charge in [-0.3, -0.25) is 0 Å². The third kappa shape index (κ3) is 5.68. The van der Waals surface area contributed by atoms with Gasteiger partial charge in [0, 0.05) is 29.6 Å². The van der Waals surface area contributed by atoms with Crippen molar-refractivity contribution in [3.63, 3.8) is 0 Å². The zero-order chi connectivity index (χ0) is 18.2. The fraction of sp³-hybridized carbons (Fsp3) is 0. The van der Waals surface area contributed by atoms with E-state index in [0.717, 1.165) is 6.07 Å². The number of hydrogen-bond donors (Lipinski definition) is 1. The maximum atomic E-state index is 13.3. The molecule has 0 saturated heterocycles. The normalized spacial score (nSPS) is 10.4. The maximum absolute atomic E-state index is 13.3. The van der Waals surface area contributed by atoms with Gasteiger partial charge in [0.1, 0.15) is 17.4 Å². The Morgan fingerprint density at radius 3 is 2.20 bits per heavy atom. The summed E-state index contributed by atoms with van der Waals surface area (Å²) in [5, 5.41) is 14.5. The minimum atomic E-state index is -0.694. The molecular formula is C17H12Cl2F2N2OTi. The quantitative estimate of drug-likeness (QED) is 0.450. The van der Waals surface area contributed by atoms with Crippen molar-refractivity contribution in [1.82, 2.24) is 4.68 Å². The zero-order valence-corrected chi connectivity index (χ0v) is 15.8. The van der Waals surface area contributed by atoms with E-state index in [9.17, 15) is 13.9 Å². The number of rotatable bonds is 3. The first-order chi connectivity index (χ1) is 12.0. The molecule has 1 aromatic heterocycles. The Hall–Kier alpha value is -1.66. The fourth-order valence-corrected chi connectivity index (χ4v) is 2.14. The van der Waals surface area contributed by atoms with E-state index in [0.29, 0.717) is 11.1 Å². The average molecular weight is 417 g/mol. The number of para-hydroxylation sites is 1. The molecule has 0 atom stereocenters. The van der Waals surface area contributed by atoms with Crippen molar-refractivity contribution in [2.24, 2.45) is 5.10 Å². The second-order valence-corrected chi connectivity index (χ2v) is 7.36. The molecule has 1 heterocycles. The summed E-state index contributed by atoms with van der Waals surface area (Å²) in [6.07, 6.45) is 4.98. The van der Waals surface area contributed by atoms with E-state index in [4.69, 9.17) is 18.6 Å². The second kappa shape index (κ2) is 9.73. The van der Waals surface area contributed by atoms with Gasteiger partial charge in [-0.05, 0) is 35.9 Å². The van der Waals surface area contributed by atoms with Crippen LogP contribution in [0.3, 0.4) is 0 Å². The molecule has 3 rings (SSSR count). The predicted molar refractivity (Wildman–Crippen MR) is 92.6 cm³/mol. The Morgan fingerprint density at radius 2 is 1.60 bits per heavy atom. The number of phenols is 1. The summed E-state index contributed by atoms with van der Waals surface area (Å²) >= 11 is -0.556. The molecule has 25 heavy (non-hydrogen) atoms. The SMILES string of the molecule is Oc1c(/C=N/n2cccc2)cccc1-c1cc(F)cc(F)c1.[Cl][Ti][Cl]. The fourth-order valence-electron chi connectivity index (χ4n) is 2.14. The summed E-state index contributed by atoms with van der Waals surface area (Å²) in [6, 6.07) is 11.7. The zero-order valence-electron chi connectivity index (χ0n) is 12.7. The van der Waals surface area contributed by atoms with Crippen molar-refractivity contribution in [2.75, 3.05) is 0 Å². The van der Waals surface area contributed by atoms with Crippen LogP contribution in [0.15, 0.2) is 66.0 Å². The number of nitrogens with zero attached hydrogens (tertiary/aromatic N) is 2. The Balaban J connectivity index is 0.000000701. The minimum absolute atomic E-state index is 0.0802. The third-order valence-electron chi connectivity index (χ3n) is 3.16. The first-order valence-corrected chi connectivity index (χ1v) is 11.3. The van der Waals surface area contributed by atoms with E-state index in [-0.39, 0.29) is 11.3 Å². The standard InChI is InChI=1S/C17H12F2N2O.2ClH.Ti/c18-14-8-13(9-15(19)10-14)16-5-3-4-12(17(16)22)11-20-21-6-1-2-7-21;;;/h1-11,22H;2*1H;/q;;;+2/p-2/b20-11+;;;. The van der Waals surface area contributed by atoms with Crippen LogP contribution >= 0.6 is 18.6 Å². The molecule has 0 radical (unpaired) electrons. The van der Waals surface area contributed by atoms with Gasteiger partial charge in [0.2, 0.25) is 0 Å². The molecule has 3 nitrogen and oxygen atoms in total. The van der Waals surface area contributed by atoms with Gasteiger partial charge in [0.05, 0.1) is 6.21 Å². The molecular weight excluding hydrogens is 405 g/mol. The van der Waals surface area contributed by atoms with Crippen LogP contribution in [0.25, 0.3) is 11.1 Å². The van der Waals surface area contributed by atoms with Crippen LogP contribution < -0.4 is 0 Å². The van der Waals surface area contributed by atoms with Crippen LogP contribution in [-0.4, -0.2) is 16.0 Å². The summed E-state index contributed by atoms with van der Waals surface area (Å²) in [4.78, 5) is 0. The summed E-state index contributed by atoms with van der Waals surface area (Å²) in [5.74, 6) is -1.47. The number of halogens is 4. The van der Waals surface area contributed by atoms with E-state index in [1.165, 1.54) is 18.3 Å². The number of aromatic hydroxyl groups is 1. The summed E-state index contributed by atoms with van der Waals surface area (Å²) < 4.78 is 28.2. The topological polar surface area (TPSA) is 37.5 Å². The molecule has 0 unspecified atom stereocenters. The van der Waals surface area contributed by atoms with Gasteiger partial charge in [0.15, 0.2) is 0 Å². The number of phenolic OH excluding ortho intramolecular Hbond substituents is 1. The Kier molecular flexibility index (Phi) is 7.65. The van der Waals surface area contributed by atoms with Gasteiger partial charge in [-0.25, -0.2) is 13.5 Å². The molecule has 0 aliphatic carbocycles. The van der Waals surface area contributed by atoms with Crippen molar-refractivity contribution in [3.05, 3.63) is 78.1 Å². The van der Waals surface area contributed by atoms with Gasteiger partial charge in [-0.2, -0.15) is 5.10 Å². The van der Waals surface area contributed by atoms with E-state index < -0.39 is 28.7 Å². The molecule has 0 bridgehead atoms. The molecule has 0 spiro atoms. The van der Waals surface area contributed by atoms with Gasteiger partial charge in [-0.15, -0.1) is 0 Å². The summed E-state index contributed by atoms with van der Waals surface area (Å²) in [5.41, 5.74) is 1.07. The summed E-state index contributed by atoms with van der Waals surface area (Å²) in [7, 11) is 9.78. The van der Waals surface area contributed by atoms with Crippen LogP contribution in [0.2, 0.25) is 0 Å². The average Bonchev–Trinajstić information content (AvgIpc) is 3.07. The molecule has 1 N–H and O–H groups in total. The molecule has 0 fully saturated rings. The van der Waals surface area contributed by atoms with Crippen molar-refractivity contribution >= 4 is 24.8 Å². The van der Waals surface area contributed by atoms with E-state index >= 15 is 0 Å². The molecule has 8 heteroatoms. The van der Waals surface area contributed by atoms with Crippen molar-refractivity contribution in [1.29, 1.82) is 0 Å². The Labute approximate surface area is 160 Å². The van der Waals surface area contributed by atoms with Gasteiger partial charge >= 0.3 is 35.6 Å². The number of aromatic nitrogens is 1. The van der Waals surface area contributed by atoms with Gasteiger partial charge in [0.25, 0.3) is 0 Å². The second-order valence-electron chi connectivity index (χ2n) is 4.78. The van der Waals surface area contributed by atoms with Crippen molar-refractivity contribution in [3.8, 4) is 16.9 Å². The number of hydrogen-bond acceptors (Lipinski definition) is 2. The Morgan fingerprint density at radius 1 is 1.00 bits per heavy atom. The molecule has 3 aromatic rings. The Bertz CT molecular complexity index is 838. The third-order valence-corrected chi connectivity index (χ3v) is 3.16. The molecule has 2 aromatic carbocycles. The van der Waals surface area contributed by atoms with Crippen LogP contribution in [0.5, 0.6) is 5.75 Å². The van der Waals surface area contributed by atoms with E-state index in [1.54, 1.807) is 35.3 Å². The van der Waals surface area contributed by atoms with Gasteiger partial charge < -0.3 is 5.11 Å². The van der Waals surface area contributed by atoms with Crippen molar-refractivity contribution in [2.45, 2.75) is 0 Å². The van der Waals surface area contributed by atoms with E-state index in [2.05, 4.69) is 5.10 Å². The molecule has 0 aliphatic rings. The van der Waals surface area contributed by atoms with Gasteiger partial charge in [-0.1, -0.05) is 12.1 Å². The van der Waals surface area contributed by atoms with E-state index in [1.807, 2.05) is 12.1 Å². The predicted octanol–water partition coefficient (Wildman–Crippen LogP) is 5.40. The molecule has 0 amide bonds. The first-order valence-electron chi connectivity index (χ1n) is 6.97. The molecule has 0 saturated carbocycles. The molecule has 0 aliphatic heterocycles. The van der Waals surface area contributed by atoms with Crippen LogP contribution in [0, 0.1) is 11.6 Å². The molecule has 128 valence electrons. The summed E-state index contributed by atoms with van der Waals surface area (Å²) in [6.45, 7) is 0. The monoisotopic (exact) mass is 416 g/mol. The van der Waals surface area contributed by atoms with Crippen LogP contribution in [0.4, 0.5) is 8.78 Å².